The number of halogens is 6. The molecule has 0 spiro atoms. The lowest BCUT2D eigenvalue weighted by Gasteiger charge is -2.20. The van der Waals surface area contributed by atoms with Crippen LogP contribution in [0.5, 0.6) is 0 Å². The van der Waals surface area contributed by atoms with Crippen LogP contribution in [0.15, 0.2) is 60.9 Å². The lowest BCUT2D eigenvalue weighted by molar-refractivity contribution is -0.138. The summed E-state index contributed by atoms with van der Waals surface area (Å²) in [6, 6.07) is 6.87. The number of anilines is 2. The van der Waals surface area contributed by atoms with E-state index in [0.29, 0.717) is 22.2 Å². The Morgan fingerprint density at radius 2 is 1.05 bits per heavy atom. The van der Waals surface area contributed by atoms with Gasteiger partial charge < -0.3 is 37.6 Å². The van der Waals surface area contributed by atoms with Crippen LogP contribution in [0.2, 0.25) is 0 Å². The normalized spacial score (nSPS) is 12.1. The van der Waals surface area contributed by atoms with E-state index in [9.17, 15) is 50.3 Å². The quantitative estimate of drug-likeness (QED) is 0.0641. The van der Waals surface area contributed by atoms with Crippen LogP contribution >= 0.6 is 0 Å². The number of nitrogens with two attached hydrogens (primary N) is 4. The number of alkyl halides is 6. The third-order valence-electron chi connectivity index (χ3n) is 7.08. The maximum atomic E-state index is 13.9. The summed E-state index contributed by atoms with van der Waals surface area (Å²) in [6.45, 7) is -0.129. The lowest BCUT2D eigenvalue weighted by atomic mass is 10.0. The number of nitrogens with one attached hydrogen (secondary N) is 3. The molecule has 1 aromatic heterocycles. The second-order valence-corrected chi connectivity index (χ2v) is 11.1. The first-order valence-corrected chi connectivity index (χ1v) is 15.3. The largest absolute Gasteiger partial charge is 0.480 e. The molecule has 2 aromatic carbocycles. The summed E-state index contributed by atoms with van der Waals surface area (Å²) < 4.78 is 83.4. The number of hydrogen-bond acceptors (Lipinski definition) is 12. The van der Waals surface area contributed by atoms with Crippen molar-refractivity contribution in [1.29, 1.82) is 0 Å². The molecule has 13 N–H and O–H groups in total. The average molecular weight is 783 g/mol. The van der Waals surface area contributed by atoms with Gasteiger partial charge in [0.2, 0.25) is 0 Å². The molecule has 0 radical (unpaired) electrons. The minimum absolute atomic E-state index is 0.103. The van der Waals surface area contributed by atoms with Gasteiger partial charge in [-0.15, -0.1) is 0 Å². The number of carboxylic acids is 2. The molecule has 3 amide bonds. The predicted octanol–water partition coefficient (Wildman–Crippen LogP) is 1.77. The highest BCUT2D eigenvalue weighted by atomic mass is 19.4. The molecule has 0 unspecified atom stereocenters. The van der Waals surface area contributed by atoms with Gasteiger partial charge in [0.1, 0.15) is 13.1 Å². The number of carboxylic acid groups (broad SMARTS) is 2. The standard InChI is InChI=1S/C32H32F6N10O7/c1-2-43-28(53)15-7-24(22(39)13-47(41)16-3-5-18(20(9-16)31(33,34)35)29(54)44-11-26(49)50)46-25(8-15)23(40)14-48(42)17-4-6-19(21(10-17)32(36,37)38)30(55)45-12-27(51)52/h3-10,13-14H,2,11-12,39-42H2,1H3,(H,43,53)(H,44,54)(H,45,55)(H,49,50)(H,51,52)/b22-13-,23-14-. The molecule has 0 saturated heterocycles. The number of hydrogen-bond donors (Lipinski definition) is 9. The molecule has 3 rings (SSSR count). The van der Waals surface area contributed by atoms with Crippen molar-refractivity contribution in [3.8, 4) is 0 Å². The minimum Gasteiger partial charge on any atom is -0.480 e. The summed E-state index contributed by atoms with van der Waals surface area (Å²) in [5, 5.41) is 24.9. The Balaban J connectivity index is 2.04. The number of pyridine rings is 1. The van der Waals surface area contributed by atoms with Crippen molar-refractivity contribution in [2.45, 2.75) is 19.3 Å². The summed E-state index contributed by atoms with van der Waals surface area (Å²) >= 11 is 0. The Bertz CT molecular complexity index is 1920. The maximum Gasteiger partial charge on any atom is 0.417 e. The van der Waals surface area contributed by atoms with Crippen LogP contribution in [0.25, 0.3) is 11.4 Å². The number of hydrazine groups is 2. The van der Waals surface area contributed by atoms with E-state index >= 15 is 0 Å². The van der Waals surface area contributed by atoms with Gasteiger partial charge in [0, 0.05) is 24.5 Å². The summed E-state index contributed by atoms with van der Waals surface area (Å²) in [4.78, 5) is 63.1. The highest BCUT2D eigenvalue weighted by Gasteiger charge is 2.37. The molecular formula is C32H32F6N10O7. The number of carbonyl (C=O) groups excluding carboxylic acids is 3. The summed E-state index contributed by atoms with van der Waals surface area (Å²) in [5.41, 5.74) is 5.69. The number of carbonyl (C=O) groups is 5. The molecule has 17 nitrogen and oxygen atoms in total. The Kier molecular flexibility index (Phi) is 13.4. The van der Waals surface area contributed by atoms with Crippen LogP contribution in [0.3, 0.4) is 0 Å². The van der Waals surface area contributed by atoms with Crippen LogP contribution in [0, 0.1) is 0 Å². The Hall–Kier alpha value is -6.88. The van der Waals surface area contributed by atoms with Crippen LogP contribution in [0.1, 0.15) is 60.5 Å². The topological polar surface area (TPSA) is 285 Å². The number of benzene rings is 2. The van der Waals surface area contributed by atoms with E-state index in [0.717, 1.165) is 36.7 Å². The fourth-order valence-corrected chi connectivity index (χ4v) is 4.55. The lowest BCUT2D eigenvalue weighted by Crippen LogP contribution is -2.31. The van der Waals surface area contributed by atoms with Crippen LogP contribution in [-0.2, 0) is 21.9 Å². The van der Waals surface area contributed by atoms with Gasteiger partial charge in [-0.25, -0.2) is 16.7 Å². The van der Waals surface area contributed by atoms with E-state index in [1.165, 1.54) is 12.1 Å². The molecule has 0 aliphatic carbocycles. The number of rotatable bonds is 14. The Morgan fingerprint density at radius 1 is 0.673 bits per heavy atom. The highest BCUT2D eigenvalue weighted by Crippen LogP contribution is 2.36. The smallest absolute Gasteiger partial charge is 0.417 e. The fourth-order valence-electron chi connectivity index (χ4n) is 4.55. The second-order valence-electron chi connectivity index (χ2n) is 11.1. The van der Waals surface area contributed by atoms with Gasteiger partial charge in [-0.1, -0.05) is 0 Å². The summed E-state index contributed by atoms with van der Waals surface area (Å²) in [6.07, 6.45) is -8.36. The first kappa shape index (κ1) is 42.5. The van der Waals surface area contributed by atoms with Crippen molar-refractivity contribution in [3.63, 3.8) is 0 Å². The van der Waals surface area contributed by atoms with Gasteiger partial charge in [0.15, 0.2) is 0 Å². The molecule has 0 aliphatic heterocycles. The van der Waals surface area contributed by atoms with Gasteiger partial charge in [-0.2, -0.15) is 26.3 Å². The zero-order valence-corrected chi connectivity index (χ0v) is 28.2. The van der Waals surface area contributed by atoms with Crippen molar-refractivity contribution < 1.29 is 60.5 Å². The van der Waals surface area contributed by atoms with Gasteiger partial charge in [-0.3, -0.25) is 34.0 Å². The third kappa shape index (κ3) is 11.3. The predicted molar refractivity (Wildman–Crippen MR) is 183 cm³/mol. The Morgan fingerprint density at radius 3 is 1.38 bits per heavy atom. The van der Waals surface area contributed by atoms with Gasteiger partial charge in [0.25, 0.3) is 17.7 Å². The first-order valence-electron chi connectivity index (χ1n) is 15.3. The third-order valence-corrected chi connectivity index (χ3v) is 7.08. The van der Waals surface area contributed by atoms with Crippen LogP contribution in [-0.4, -0.2) is 64.5 Å². The zero-order chi connectivity index (χ0) is 41.4. The van der Waals surface area contributed by atoms with Crippen LogP contribution < -0.4 is 49.1 Å². The van der Waals surface area contributed by atoms with E-state index in [1.807, 2.05) is 10.6 Å². The molecule has 0 fully saturated rings. The number of aliphatic carboxylic acids is 2. The Labute approximate surface area is 306 Å². The fraction of sp³-hybridized carbons (Fsp3) is 0.188. The molecule has 294 valence electrons. The maximum absolute atomic E-state index is 13.9. The van der Waals surface area contributed by atoms with Gasteiger partial charge in [0.05, 0.1) is 56.4 Å². The van der Waals surface area contributed by atoms with E-state index in [4.69, 9.17) is 33.4 Å². The van der Waals surface area contributed by atoms with Crippen molar-refractivity contribution in [1.82, 2.24) is 20.9 Å². The number of amides is 3. The SMILES string of the molecule is CCNC(=O)c1cc(/C(N)=C/N(N)c2ccc(C(=O)NCC(=O)O)c(C(F)(F)F)c2)nc(/C(N)=C/N(N)c2ccc(C(=O)NCC(=O)O)c(C(F)(F)F)c2)c1. The van der Waals surface area contributed by atoms with Crippen molar-refractivity contribution in [2.24, 2.45) is 23.2 Å². The number of nitrogens with zero attached hydrogens (tertiary/aromatic N) is 3. The minimum atomic E-state index is -5.09. The molecule has 0 atom stereocenters. The summed E-state index contributed by atoms with van der Waals surface area (Å²) in [5.74, 6) is 5.66. The van der Waals surface area contributed by atoms with Gasteiger partial charge in [-0.05, 0) is 55.5 Å². The molecule has 55 heavy (non-hydrogen) atoms. The van der Waals surface area contributed by atoms with E-state index in [2.05, 4.69) is 10.3 Å². The molecule has 23 heteroatoms. The molecule has 0 bridgehead atoms. The first-order chi connectivity index (χ1) is 25.5. The highest BCUT2D eigenvalue weighted by molar-refractivity contribution is 5.99. The van der Waals surface area contributed by atoms with Crippen molar-refractivity contribution in [2.75, 3.05) is 29.7 Å². The zero-order valence-electron chi connectivity index (χ0n) is 28.2. The molecule has 3 aromatic rings. The van der Waals surface area contributed by atoms with E-state index in [1.54, 1.807) is 6.92 Å². The van der Waals surface area contributed by atoms with Crippen molar-refractivity contribution in [3.05, 3.63) is 100 Å². The molecule has 1 heterocycles. The second kappa shape index (κ2) is 17.3. The molecule has 0 saturated carbocycles. The van der Waals surface area contributed by atoms with E-state index in [-0.39, 0.29) is 46.3 Å². The van der Waals surface area contributed by atoms with Crippen LogP contribution in [0.4, 0.5) is 37.7 Å². The molecule has 0 aliphatic rings. The monoisotopic (exact) mass is 782 g/mol. The average Bonchev–Trinajstić information content (AvgIpc) is 3.11. The summed E-state index contributed by atoms with van der Waals surface area (Å²) in [7, 11) is 0. The van der Waals surface area contributed by atoms with Crippen molar-refractivity contribution >= 4 is 52.4 Å². The number of aromatic nitrogens is 1. The molecular weight excluding hydrogens is 750 g/mol. The van der Waals surface area contributed by atoms with Gasteiger partial charge >= 0.3 is 24.3 Å². The van der Waals surface area contributed by atoms with E-state index < -0.39 is 77.4 Å².